The van der Waals surface area contributed by atoms with Gasteiger partial charge in [0.1, 0.15) is 5.76 Å². The molecule has 1 heterocycles. The van der Waals surface area contributed by atoms with Gasteiger partial charge < -0.3 is 4.42 Å². The Balaban J connectivity index is 2.00. The zero-order valence-corrected chi connectivity index (χ0v) is 8.51. The van der Waals surface area contributed by atoms with Crippen LogP contribution in [0, 0.1) is 5.92 Å². The molecule has 2 rings (SSSR count). The van der Waals surface area contributed by atoms with Crippen molar-refractivity contribution < 1.29 is 4.42 Å². The lowest BCUT2D eigenvalue weighted by Gasteiger charge is -2.24. The van der Waals surface area contributed by atoms with Gasteiger partial charge in [-0.1, -0.05) is 35.2 Å². The van der Waals surface area contributed by atoms with Gasteiger partial charge in [-0.15, -0.1) is 0 Å². The highest BCUT2D eigenvalue weighted by molar-refractivity contribution is 9.08. The minimum Gasteiger partial charge on any atom is -0.448 e. The first kappa shape index (κ1) is 8.30. The molecular weight excluding hydrogens is 218 g/mol. The molecule has 0 aliphatic heterocycles. The van der Waals surface area contributed by atoms with Crippen LogP contribution >= 0.6 is 15.9 Å². The lowest BCUT2D eigenvalue weighted by Crippen LogP contribution is -2.13. The molecule has 0 bridgehead atoms. The molecule has 1 aliphatic rings. The highest BCUT2D eigenvalue weighted by atomic mass is 79.9. The van der Waals surface area contributed by atoms with E-state index < -0.39 is 0 Å². The van der Waals surface area contributed by atoms with E-state index in [4.69, 9.17) is 4.42 Å². The largest absolute Gasteiger partial charge is 0.448 e. The topological polar surface area (TPSA) is 26.0 Å². The van der Waals surface area contributed by atoms with Gasteiger partial charge in [-0.3, -0.25) is 0 Å². The maximum atomic E-state index is 5.32. The van der Waals surface area contributed by atoms with E-state index in [1.54, 1.807) is 6.39 Å². The fourth-order valence-electron chi connectivity index (χ4n) is 1.53. The zero-order valence-electron chi connectivity index (χ0n) is 6.92. The van der Waals surface area contributed by atoms with Crippen molar-refractivity contribution in [3.05, 3.63) is 17.8 Å². The summed E-state index contributed by atoms with van der Waals surface area (Å²) >= 11 is 3.39. The highest BCUT2D eigenvalue weighted by Gasteiger charge is 2.20. The van der Waals surface area contributed by atoms with Crippen LogP contribution in [0.3, 0.4) is 0 Å². The first-order valence-corrected chi connectivity index (χ1v) is 5.49. The molecule has 1 aromatic heterocycles. The molecule has 1 aliphatic carbocycles. The van der Waals surface area contributed by atoms with Crippen molar-refractivity contribution in [2.24, 2.45) is 5.92 Å². The van der Waals surface area contributed by atoms with Crippen molar-refractivity contribution in [3.8, 4) is 0 Å². The molecule has 1 aromatic rings. The van der Waals surface area contributed by atoms with E-state index in [2.05, 4.69) is 20.9 Å². The minimum atomic E-state index is 0.811. The van der Waals surface area contributed by atoms with Gasteiger partial charge in [0.05, 0.1) is 5.69 Å². The van der Waals surface area contributed by atoms with E-state index in [1.807, 2.05) is 0 Å². The second-order valence-corrected chi connectivity index (χ2v) is 3.92. The van der Waals surface area contributed by atoms with Gasteiger partial charge in [-0.25, -0.2) is 4.98 Å². The van der Waals surface area contributed by atoms with Gasteiger partial charge in [0.25, 0.3) is 0 Å². The van der Waals surface area contributed by atoms with Crippen molar-refractivity contribution >= 4 is 15.9 Å². The number of hydrogen-bond acceptors (Lipinski definition) is 2. The van der Waals surface area contributed by atoms with Gasteiger partial charge in [0.15, 0.2) is 6.39 Å². The number of oxazole rings is 1. The Morgan fingerprint density at radius 2 is 2.42 bits per heavy atom. The van der Waals surface area contributed by atoms with Gasteiger partial charge in [-0.2, -0.15) is 0 Å². The molecule has 0 spiro atoms. The summed E-state index contributed by atoms with van der Waals surface area (Å²) in [6, 6.07) is 0. The summed E-state index contributed by atoms with van der Waals surface area (Å²) in [6.45, 7) is 0. The number of nitrogens with zero attached hydrogens (tertiary/aromatic N) is 1. The molecule has 12 heavy (non-hydrogen) atoms. The Morgan fingerprint density at radius 1 is 1.58 bits per heavy atom. The van der Waals surface area contributed by atoms with Crippen molar-refractivity contribution in [1.82, 2.24) is 4.98 Å². The Labute approximate surface area is 80.5 Å². The second kappa shape index (κ2) is 3.60. The minimum absolute atomic E-state index is 0.811. The third-order valence-corrected chi connectivity index (χ3v) is 3.08. The van der Waals surface area contributed by atoms with Gasteiger partial charge in [-0.05, 0) is 5.92 Å². The zero-order chi connectivity index (χ0) is 8.39. The van der Waals surface area contributed by atoms with Gasteiger partial charge >= 0.3 is 0 Å². The van der Waals surface area contributed by atoms with Crippen LogP contribution in [0.2, 0.25) is 0 Å². The first-order chi connectivity index (χ1) is 5.90. The van der Waals surface area contributed by atoms with Crippen LogP contribution in [0.5, 0.6) is 0 Å². The molecule has 0 aromatic carbocycles. The van der Waals surface area contributed by atoms with Crippen molar-refractivity contribution in [2.45, 2.75) is 31.0 Å². The summed E-state index contributed by atoms with van der Waals surface area (Å²) in [5.74, 6) is 1.94. The Hall–Kier alpha value is -0.310. The Kier molecular flexibility index (Phi) is 2.49. The Bertz CT molecular complexity index is 255. The molecule has 0 radical (unpaired) electrons. The predicted molar refractivity (Wildman–Crippen MR) is 50.2 cm³/mol. The van der Waals surface area contributed by atoms with Crippen LogP contribution < -0.4 is 0 Å². The van der Waals surface area contributed by atoms with E-state index in [0.717, 1.165) is 29.1 Å². The molecule has 3 heteroatoms. The van der Waals surface area contributed by atoms with Crippen LogP contribution in [0.4, 0.5) is 0 Å². The van der Waals surface area contributed by atoms with Crippen LogP contribution in [0.25, 0.3) is 0 Å². The first-order valence-electron chi connectivity index (χ1n) is 4.37. The van der Waals surface area contributed by atoms with E-state index in [-0.39, 0.29) is 0 Å². The summed E-state index contributed by atoms with van der Waals surface area (Å²) in [5.41, 5.74) is 1.07. The monoisotopic (exact) mass is 229 g/mol. The summed E-state index contributed by atoms with van der Waals surface area (Å²) < 4.78 is 5.32. The maximum Gasteiger partial charge on any atom is 0.181 e. The van der Waals surface area contributed by atoms with Crippen molar-refractivity contribution in [2.75, 3.05) is 0 Å². The normalized spacial score (nSPS) is 17.8. The van der Waals surface area contributed by atoms with Crippen molar-refractivity contribution in [1.29, 1.82) is 0 Å². The molecule has 1 fully saturated rings. The third-order valence-electron chi connectivity index (χ3n) is 2.55. The maximum absolute atomic E-state index is 5.32. The van der Waals surface area contributed by atoms with Crippen LogP contribution in [-0.2, 0) is 11.8 Å². The molecule has 1 saturated carbocycles. The van der Waals surface area contributed by atoms with Crippen LogP contribution in [0.15, 0.2) is 10.8 Å². The molecule has 66 valence electrons. The molecule has 0 unspecified atom stereocenters. The fourth-order valence-corrected chi connectivity index (χ4v) is 1.99. The number of alkyl halides is 1. The molecule has 2 nitrogen and oxygen atoms in total. The quantitative estimate of drug-likeness (QED) is 0.746. The van der Waals surface area contributed by atoms with Gasteiger partial charge in [0, 0.05) is 11.8 Å². The average Bonchev–Trinajstić information content (AvgIpc) is 2.43. The average molecular weight is 230 g/mol. The molecule has 0 atom stereocenters. The number of hydrogen-bond donors (Lipinski definition) is 0. The number of aromatic nitrogens is 1. The van der Waals surface area contributed by atoms with Gasteiger partial charge in [0.2, 0.25) is 0 Å². The standard InChI is InChI=1S/C9H12BrNO/c10-5-8-9(12-6-11-8)4-7-2-1-3-7/h6-7H,1-5H2. The molecule has 0 amide bonds. The molecule has 0 N–H and O–H groups in total. The lowest BCUT2D eigenvalue weighted by atomic mass is 9.82. The van der Waals surface area contributed by atoms with Crippen LogP contribution in [0.1, 0.15) is 30.7 Å². The van der Waals surface area contributed by atoms with Crippen LogP contribution in [-0.4, -0.2) is 4.98 Å². The smallest absolute Gasteiger partial charge is 0.181 e. The van der Waals surface area contributed by atoms with E-state index in [0.29, 0.717) is 0 Å². The Morgan fingerprint density at radius 3 is 3.00 bits per heavy atom. The number of rotatable bonds is 3. The van der Waals surface area contributed by atoms with Crippen molar-refractivity contribution in [3.63, 3.8) is 0 Å². The fraction of sp³-hybridized carbons (Fsp3) is 0.667. The summed E-state index contributed by atoms with van der Waals surface area (Å²) in [7, 11) is 0. The second-order valence-electron chi connectivity index (χ2n) is 3.36. The van der Waals surface area contributed by atoms with E-state index in [1.165, 1.54) is 19.3 Å². The lowest BCUT2D eigenvalue weighted by molar-refractivity contribution is 0.293. The molecule has 0 saturated heterocycles. The summed E-state index contributed by atoms with van der Waals surface area (Å²) in [6.07, 6.45) is 6.75. The SMILES string of the molecule is BrCc1ncoc1CC1CCC1. The molecular formula is C9H12BrNO. The number of halogens is 1. The summed E-state index contributed by atoms with van der Waals surface area (Å²) in [4.78, 5) is 4.13. The van der Waals surface area contributed by atoms with E-state index >= 15 is 0 Å². The highest BCUT2D eigenvalue weighted by Crippen LogP contribution is 2.30. The van der Waals surface area contributed by atoms with E-state index in [9.17, 15) is 0 Å². The third kappa shape index (κ3) is 1.56. The predicted octanol–water partition coefficient (Wildman–Crippen LogP) is 2.91. The summed E-state index contributed by atoms with van der Waals surface area (Å²) in [5, 5.41) is 0.811.